The predicted molar refractivity (Wildman–Crippen MR) is 98.2 cm³/mol. The van der Waals surface area contributed by atoms with Gasteiger partial charge in [0.1, 0.15) is 5.00 Å². The lowest BCUT2D eigenvalue weighted by atomic mass is 9.84. The van der Waals surface area contributed by atoms with Crippen molar-refractivity contribution < 1.29 is 4.79 Å². The monoisotopic (exact) mass is 371 g/mol. The molecule has 0 radical (unpaired) electrons. The number of nitrogens with one attached hydrogen (secondary N) is 2. The number of aromatic nitrogens is 1. The fourth-order valence-corrected chi connectivity index (χ4v) is 3.26. The summed E-state index contributed by atoms with van der Waals surface area (Å²) in [7, 11) is 1.78. The summed E-state index contributed by atoms with van der Waals surface area (Å²) in [5.41, 5.74) is 2.06. The van der Waals surface area contributed by atoms with Crippen molar-refractivity contribution in [3.63, 3.8) is 0 Å². The Bertz CT molecular complexity index is 728. The van der Waals surface area contributed by atoms with Gasteiger partial charge in [-0.1, -0.05) is 43.1 Å². The van der Waals surface area contributed by atoms with E-state index in [4.69, 9.17) is 23.2 Å². The van der Waals surface area contributed by atoms with E-state index >= 15 is 0 Å². The second kappa shape index (κ2) is 7.07. The summed E-state index contributed by atoms with van der Waals surface area (Å²) in [6, 6.07) is 5.54. The lowest BCUT2D eigenvalue weighted by Crippen LogP contribution is -2.37. The minimum Gasteiger partial charge on any atom is -0.378 e. The number of aryl methyl sites for hydroxylation is 1. The van der Waals surface area contributed by atoms with Crippen molar-refractivity contribution in [2.45, 2.75) is 26.2 Å². The van der Waals surface area contributed by atoms with E-state index in [9.17, 15) is 4.79 Å². The van der Waals surface area contributed by atoms with E-state index in [2.05, 4.69) is 15.0 Å². The van der Waals surface area contributed by atoms with Crippen LogP contribution in [-0.4, -0.2) is 23.9 Å². The molecule has 4 nitrogen and oxygen atoms in total. The quantitative estimate of drug-likeness (QED) is 0.812. The molecule has 2 rings (SSSR count). The number of anilines is 1. The topological polar surface area (TPSA) is 54.0 Å². The molecule has 1 aromatic heterocycles. The first kappa shape index (κ1) is 18.0. The fraction of sp³-hybridized carbons (Fsp3) is 0.375. The van der Waals surface area contributed by atoms with Gasteiger partial charge in [0.2, 0.25) is 0 Å². The zero-order valence-electron chi connectivity index (χ0n) is 13.5. The highest BCUT2D eigenvalue weighted by Gasteiger charge is 2.24. The van der Waals surface area contributed by atoms with Crippen molar-refractivity contribution in [3.05, 3.63) is 45.1 Å². The molecule has 2 N–H and O–H groups in total. The van der Waals surface area contributed by atoms with Crippen molar-refractivity contribution in [3.8, 4) is 0 Å². The average Bonchev–Trinajstić information content (AvgIpc) is 2.88. The third-order valence-corrected chi connectivity index (χ3v) is 5.40. The Hall–Kier alpha value is -1.30. The maximum Gasteiger partial charge on any atom is 0.256 e. The molecule has 0 unspecified atom stereocenters. The maximum atomic E-state index is 12.5. The maximum absolute atomic E-state index is 12.5. The third-order valence-electron chi connectivity index (χ3n) is 3.71. The lowest BCUT2D eigenvalue weighted by molar-refractivity contribution is 0.0946. The molecule has 2 aromatic rings. The van der Waals surface area contributed by atoms with Crippen LogP contribution in [0.25, 0.3) is 0 Å². The summed E-state index contributed by atoms with van der Waals surface area (Å²) in [6.45, 7) is 6.40. The first-order chi connectivity index (χ1) is 10.8. The normalized spacial score (nSPS) is 11.4. The van der Waals surface area contributed by atoms with Crippen LogP contribution in [0.4, 0.5) is 5.00 Å². The van der Waals surface area contributed by atoms with Gasteiger partial charge < -0.3 is 10.6 Å². The lowest BCUT2D eigenvalue weighted by Gasteiger charge is -2.26. The third kappa shape index (κ3) is 3.97. The van der Waals surface area contributed by atoms with E-state index in [0.717, 1.165) is 16.3 Å². The summed E-state index contributed by atoms with van der Waals surface area (Å²) in [4.78, 5) is 12.5. The van der Waals surface area contributed by atoms with E-state index in [-0.39, 0.29) is 11.3 Å². The van der Waals surface area contributed by atoms with Crippen LogP contribution in [0.15, 0.2) is 18.2 Å². The van der Waals surface area contributed by atoms with Crippen LogP contribution in [0.3, 0.4) is 0 Å². The van der Waals surface area contributed by atoms with Crippen molar-refractivity contribution in [1.29, 1.82) is 0 Å². The van der Waals surface area contributed by atoms with Gasteiger partial charge in [-0.15, -0.1) is 0 Å². The Kier molecular flexibility index (Phi) is 5.55. The van der Waals surface area contributed by atoms with E-state index < -0.39 is 0 Å². The van der Waals surface area contributed by atoms with E-state index in [1.54, 1.807) is 13.1 Å². The Morgan fingerprint density at radius 1 is 1.30 bits per heavy atom. The molecule has 0 fully saturated rings. The second-order valence-corrected chi connectivity index (χ2v) is 7.51. The Morgan fingerprint density at radius 2 is 2.00 bits per heavy atom. The SMILES string of the molecule is CNc1snc(C)c1C(=O)NCC(C)(C)c1ccc(Cl)c(Cl)c1. The molecule has 0 aliphatic rings. The number of hydrogen-bond donors (Lipinski definition) is 2. The van der Waals surface area contributed by atoms with E-state index in [1.165, 1.54) is 11.5 Å². The van der Waals surface area contributed by atoms with Crippen LogP contribution >= 0.6 is 34.7 Å². The highest BCUT2D eigenvalue weighted by atomic mass is 35.5. The molecule has 0 saturated heterocycles. The number of benzene rings is 1. The number of nitrogens with zero attached hydrogens (tertiary/aromatic N) is 1. The molecule has 1 aromatic carbocycles. The van der Waals surface area contributed by atoms with Crippen LogP contribution < -0.4 is 10.6 Å². The molecule has 0 spiro atoms. The Balaban J connectivity index is 2.13. The second-order valence-electron chi connectivity index (χ2n) is 5.92. The molecule has 1 amide bonds. The molecule has 1 heterocycles. The molecule has 23 heavy (non-hydrogen) atoms. The minimum absolute atomic E-state index is 0.131. The molecule has 0 bridgehead atoms. The van der Waals surface area contributed by atoms with Crippen LogP contribution in [-0.2, 0) is 5.41 Å². The van der Waals surface area contributed by atoms with Crippen LogP contribution in [0.2, 0.25) is 10.0 Å². The number of amides is 1. The highest BCUT2D eigenvalue weighted by Crippen LogP contribution is 2.30. The van der Waals surface area contributed by atoms with Gasteiger partial charge in [-0.25, -0.2) is 0 Å². The fourth-order valence-electron chi connectivity index (χ4n) is 2.22. The highest BCUT2D eigenvalue weighted by molar-refractivity contribution is 7.10. The summed E-state index contributed by atoms with van der Waals surface area (Å²) >= 11 is 13.3. The zero-order valence-corrected chi connectivity index (χ0v) is 15.8. The summed E-state index contributed by atoms with van der Waals surface area (Å²) in [6.07, 6.45) is 0. The largest absolute Gasteiger partial charge is 0.378 e. The number of carbonyl (C=O) groups excluding carboxylic acids is 1. The smallest absolute Gasteiger partial charge is 0.256 e. The molecule has 0 aliphatic heterocycles. The van der Waals surface area contributed by atoms with Crippen LogP contribution in [0.5, 0.6) is 0 Å². The summed E-state index contributed by atoms with van der Waals surface area (Å²) in [5, 5.41) is 7.79. The number of rotatable bonds is 5. The standard InChI is InChI=1S/C16H19Cl2N3OS/c1-9-13(15(19-4)23-21-9)14(22)20-8-16(2,3)10-5-6-11(17)12(18)7-10/h5-7,19H,8H2,1-4H3,(H,20,22). The van der Waals surface area contributed by atoms with Crippen LogP contribution in [0.1, 0.15) is 35.5 Å². The number of halogens is 2. The minimum atomic E-state index is -0.277. The average molecular weight is 372 g/mol. The van der Waals surface area contributed by atoms with Crippen molar-refractivity contribution >= 4 is 45.6 Å². The van der Waals surface area contributed by atoms with Crippen molar-refractivity contribution in [2.75, 3.05) is 18.9 Å². The van der Waals surface area contributed by atoms with Gasteiger partial charge in [-0.3, -0.25) is 4.79 Å². The molecule has 7 heteroatoms. The first-order valence-electron chi connectivity index (χ1n) is 7.14. The van der Waals surface area contributed by atoms with Gasteiger partial charge >= 0.3 is 0 Å². The van der Waals surface area contributed by atoms with E-state index in [1.807, 2.05) is 32.9 Å². The molecular weight excluding hydrogens is 353 g/mol. The van der Waals surface area contributed by atoms with E-state index in [0.29, 0.717) is 22.2 Å². The van der Waals surface area contributed by atoms with Gasteiger partial charge in [-0.2, -0.15) is 4.37 Å². The van der Waals surface area contributed by atoms with Gasteiger partial charge in [0.05, 0.1) is 21.3 Å². The zero-order chi connectivity index (χ0) is 17.2. The van der Waals surface area contributed by atoms with Gasteiger partial charge in [-0.05, 0) is 36.2 Å². The number of hydrogen-bond acceptors (Lipinski definition) is 4. The predicted octanol–water partition coefficient (Wildman–Crippen LogP) is 4.51. The van der Waals surface area contributed by atoms with Crippen molar-refractivity contribution in [1.82, 2.24) is 9.69 Å². The first-order valence-corrected chi connectivity index (χ1v) is 8.67. The van der Waals surface area contributed by atoms with Crippen LogP contribution in [0, 0.1) is 6.92 Å². The Labute approximate surface area is 150 Å². The van der Waals surface area contributed by atoms with Gasteiger partial charge in [0, 0.05) is 19.0 Å². The summed E-state index contributed by atoms with van der Waals surface area (Å²) in [5.74, 6) is -0.131. The number of carbonyl (C=O) groups is 1. The molecule has 0 aliphatic carbocycles. The van der Waals surface area contributed by atoms with Gasteiger partial charge in [0.25, 0.3) is 5.91 Å². The summed E-state index contributed by atoms with van der Waals surface area (Å²) < 4.78 is 4.22. The molecule has 0 saturated carbocycles. The van der Waals surface area contributed by atoms with Gasteiger partial charge in [0.15, 0.2) is 0 Å². The Morgan fingerprint density at radius 3 is 2.61 bits per heavy atom. The molecular formula is C16H19Cl2N3OS. The van der Waals surface area contributed by atoms with Crippen molar-refractivity contribution in [2.24, 2.45) is 0 Å². The molecule has 0 atom stereocenters. The molecule has 124 valence electrons.